The number of aryl methyl sites for hydroxylation is 1. The summed E-state index contributed by atoms with van der Waals surface area (Å²) in [5.41, 5.74) is 0.788. The highest BCUT2D eigenvalue weighted by Crippen LogP contribution is 2.12. The molecule has 2 heterocycles. The lowest BCUT2D eigenvalue weighted by Crippen LogP contribution is -2.28. The van der Waals surface area contributed by atoms with Crippen LogP contribution in [0.3, 0.4) is 0 Å². The van der Waals surface area contributed by atoms with E-state index in [9.17, 15) is 9.90 Å². The first-order valence-corrected chi connectivity index (χ1v) is 6.17. The number of carbonyl (C=O) groups excluding carboxylic acids is 1. The summed E-state index contributed by atoms with van der Waals surface area (Å²) in [6.45, 7) is 0.217. The lowest BCUT2D eigenvalue weighted by atomic mass is 10.2. The highest BCUT2D eigenvalue weighted by molar-refractivity contribution is 7.12. The average Bonchev–Trinajstić information content (AvgIpc) is 2.95. The van der Waals surface area contributed by atoms with Crippen LogP contribution < -0.4 is 5.32 Å². The van der Waals surface area contributed by atoms with Crippen LogP contribution >= 0.6 is 11.3 Å². The van der Waals surface area contributed by atoms with Crippen molar-refractivity contribution < 1.29 is 9.90 Å². The molecular weight excluding hydrogens is 236 g/mol. The van der Waals surface area contributed by atoms with Crippen molar-refractivity contribution in [1.29, 1.82) is 0 Å². The van der Waals surface area contributed by atoms with Gasteiger partial charge in [-0.25, -0.2) is 0 Å². The fourth-order valence-corrected chi connectivity index (χ4v) is 2.25. The first-order valence-electron chi connectivity index (χ1n) is 5.29. The van der Waals surface area contributed by atoms with Crippen molar-refractivity contribution >= 4 is 17.2 Å². The molecule has 0 saturated carbocycles. The molecule has 0 aliphatic rings. The predicted octanol–water partition coefficient (Wildman–Crippen LogP) is 1.55. The topological polar surface area (TPSA) is 54.3 Å². The standard InChI is InChI=1S/C12H14N2O2S/c1-14-6-2-4-9(14)10(15)8-13-12(16)11-5-3-7-17-11/h2-7,10,15H,8H2,1H3,(H,13,16). The minimum atomic E-state index is -0.682. The molecule has 17 heavy (non-hydrogen) atoms. The SMILES string of the molecule is Cn1cccc1C(O)CNC(=O)c1cccs1. The minimum absolute atomic E-state index is 0.145. The highest BCUT2D eigenvalue weighted by atomic mass is 32.1. The van der Waals surface area contributed by atoms with Gasteiger partial charge in [0, 0.05) is 25.5 Å². The van der Waals surface area contributed by atoms with Crippen LogP contribution in [0.5, 0.6) is 0 Å². The molecule has 0 saturated heterocycles. The van der Waals surface area contributed by atoms with Crippen LogP contribution in [-0.2, 0) is 7.05 Å². The van der Waals surface area contributed by atoms with Gasteiger partial charge in [0.15, 0.2) is 0 Å². The minimum Gasteiger partial charge on any atom is -0.385 e. The van der Waals surface area contributed by atoms with Gasteiger partial charge in [-0.15, -0.1) is 11.3 Å². The Morgan fingerprint density at radius 1 is 1.53 bits per heavy atom. The molecule has 2 N–H and O–H groups in total. The predicted molar refractivity (Wildman–Crippen MR) is 67.0 cm³/mol. The summed E-state index contributed by atoms with van der Waals surface area (Å²) >= 11 is 1.38. The second kappa shape index (κ2) is 5.16. The summed E-state index contributed by atoms with van der Waals surface area (Å²) in [4.78, 5) is 12.3. The van der Waals surface area contributed by atoms with E-state index in [0.29, 0.717) is 4.88 Å². The molecule has 0 aliphatic carbocycles. The molecule has 1 unspecified atom stereocenters. The van der Waals surface area contributed by atoms with Crippen LogP contribution in [-0.4, -0.2) is 22.1 Å². The second-order valence-electron chi connectivity index (χ2n) is 3.75. The molecule has 0 radical (unpaired) electrons. The number of nitrogens with one attached hydrogen (secondary N) is 1. The number of hydrogen-bond acceptors (Lipinski definition) is 3. The third-order valence-corrected chi connectivity index (χ3v) is 3.39. The first kappa shape index (κ1) is 11.9. The highest BCUT2D eigenvalue weighted by Gasteiger charge is 2.13. The number of amides is 1. The maximum atomic E-state index is 11.6. The first-order chi connectivity index (χ1) is 8.18. The second-order valence-corrected chi connectivity index (χ2v) is 4.69. The smallest absolute Gasteiger partial charge is 0.261 e. The van der Waals surface area contributed by atoms with E-state index in [4.69, 9.17) is 0 Å². The number of aliphatic hydroxyl groups is 1. The summed E-state index contributed by atoms with van der Waals surface area (Å²) < 4.78 is 1.84. The summed E-state index contributed by atoms with van der Waals surface area (Å²) in [7, 11) is 1.86. The number of nitrogens with zero attached hydrogens (tertiary/aromatic N) is 1. The Balaban J connectivity index is 1.91. The van der Waals surface area contributed by atoms with Gasteiger partial charge in [0.2, 0.25) is 0 Å². The summed E-state index contributed by atoms with van der Waals surface area (Å²) in [5, 5.41) is 14.5. The molecule has 2 aromatic heterocycles. The quantitative estimate of drug-likeness (QED) is 0.865. The Kier molecular flexibility index (Phi) is 3.61. The molecule has 5 heteroatoms. The van der Waals surface area contributed by atoms with Crippen molar-refractivity contribution in [2.24, 2.45) is 7.05 Å². The molecule has 0 fully saturated rings. The molecule has 1 atom stereocenters. The number of rotatable bonds is 4. The molecule has 0 bridgehead atoms. The third kappa shape index (κ3) is 2.75. The Bertz CT molecular complexity index is 490. The molecule has 0 aliphatic heterocycles. The van der Waals surface area contributed by atoms with E-state index >= 15 is 0 Å². The zero-order chi connectivity index (χ0) is 12.3. The molecule has 1 amide bonds. The number of aromatic nitrogens is 1. The van der Waals surface area contributed by atoms with Crippen molar-refractivity contribution in [3.8, 4) is 0 Å². The van der Waals surface area contributed by atoms with E-state index in [1.54, 1.807) is 6.07 Å². The van der Waals surface area contributed by atoms with Crippen molar-refractivity contribution in [3.63, 3.8) is 0 Å². The van der Waals surface area contributed by atoms with Crippen LogP contribution in [0.25, 0.3) is 0 Å². The Morgan fingerprint density at radius 3 is 2.94 bits per heavy atom. The zero-order valence-electron chi connectivity index (χ0n) is 9.46. The fourth-order valence-electron chi connectivity index (χ4n) is 1.61. The van der Waals surface area contributed by atoms with Crippen molar-refractivity contribution in [2.45, 2.75) is 6.10 Å². The van der Waals surface area contributed by atoms with E-state index < -0.39 is 6.10 Å². The number of hydrogen-bond donors (Lipinski definition) is 2. The van der Waals surface area contributed by atoms with Crippen molar-refractivity contribution in [3.05, 3.63) is 46.4 Å². The van der Waals surface area contributed by atoms with Gasteiger partial charge in [0.25, 0.3) is 5.91 Å². The van der Waals surface area contributed by atoms with Gasteiger partial charge < -0.3 is 15.0 Å². The summed E-state index contributed by atoms with van der Waals surface area (Å²) in [6, 6.07) is 7.28. The van der Waals surface area contributed by atoms with Crippen LogP contribution in [0.1, 0.15) is 21.5 Å². The summed E-state index contributed by atoms with van der Waals surface area (Å²) in [6.07, 6.45) is 1.18. The van der Waals surface area contributed by atoms with Crippen molar-refractivity contribution in [1.82, 2.24) is 9.88 Å². The number of carbonyl (C=O) groups is 1. The molecule has 0 aromatic carbocycles. The van der Waals surface area contributed by atoms with Crippen LogP contribution in [0, 0.1) is 0 Å². The van der Waals surface area contributed by atoms with Gasteiger partial charge in [-0.2, -0.15) is 0 Å². The van der Waals surface area contributed by atoms with Gasteiger partial charge in [-0.3, -0.25) is 4.79 Å². The lowest BCUT2D eigenvalue weighted by Gasteiger charge is -2.12. The normalized spacial score (nSPS) is 12.4. The molecular formula is C12H14N2O2S. The van der Waals surface area contributed by atoms with E-state index in [0.717, 1.165) is 5.69 Å². The van der Waals surface area contributed by atoms with E-state index in [1.165, 1.54) is 11.3 Å². The number of thiophene rings is 1. The Morgan fingerprint density at radius 2 is 2.35 bits per heavy atom. The van der Waals surface area contributed by atoms with Crippen molar-refractivity contribution in [2.75, 3.05) is 6.54 Å². The third-order valence-electron chi connectivity index (χ3n) is 2.53. The average molecular weight is 250 g/mol. The summed E-state index contributed by atoms with van der Waals surface area (Å²) in [5.74, 6) is -0.145. The van der Waals surface area contributed by atoms with Crippen LogP contribution in [0.15, 0.2) is 35.8 Å². The molecule has 2 rings (SSSR count). The van der Waals surface area contributed by atoms with Crippen LogP contribution in [0.4, 0.5) is 0 Å². The van der Waals surface area contributed by atoms with Gasteiger partial charge >= 0.3 is 0 Å². The largest absolute Gasteiger partial charge is 0.385 e. The van der Waals surface area contributed by atoms with Gasteiger partial charge in [-0.05, 0) is 23.6 Å². The Hall–Kier alpha value is -1.59. The molecule has 0 spiro atoms. The fraction of sp³-hybridized carbons (Fsp3) is 0.250. The van der Waals surface area contributed by atoms with Gasteiger partial charge in [0.05, 0.1) is 4.88 Å². The Labute approximate surface area is 104 Å². The monoisotopic (exact) mass is 250 g/mol. The molecule has 2 aromatic rings. The molecule has 90 valence electrons. The van der Waals surface area contributed by atoms with E-state index in [2.05, 4.69) is 5.32 Å². The van der Waals surface area contributed by atoms with E-state index in [-0.39, 0.29) is 12.5 Å². The van der Waals surface area contributed by atoms with Gasteiger partial charge in [0.1, 0.15) is 6.10 Å². The molecule has 4 nitrogen and oxygen atoms in total. The maximum Gasteiger partial charge on any atom is 0.261 e. The number of aliphatic hydroxyl groups excluding tert-OH is 1. The van der Waals surface area contributed by atoms with E-state index in [1.807, 2.05) is 41.4 Å². The van der Waals surface area contributed by atoms with Crippen LogP contribution in [0.2, 0.25) is 0 Å². The maximum absolute atomic E-state index is 11.6. The lowest BCUT2D eigenvalue weighted by molar-refractivity contribution is 0.0916. The zero-order valence-corrected chi connectivity index (χ0v) is 10.3. The van der Waals surface area contributed by atoms with Gasteiger partial charge in [-0.1, -0.05) is 6.07 Å².